The van der Waals surface area contributed by atoms with Gasteiger partial charge < -0.3 is 14.4 Å². The van der Waals surface area contributed by atoms with Crippen molar-refractivity contribution in [2.75, 3.05) is 6.61 Å². The van der Waals surface area contributed by atoms with Crippen molar-refractivity contribution in [2.24, 2.45) is 4.99 Å². The molecule has 0 bridgehead atoms. The quantitative estimate of drug-likeness (QED) is 0.807. The van der Waals surface area contributed by atoms with E-state index in [4.69, 9.17) is 4.74 Å². The monoisotopic (exact) mass is 364 g/mol. The molecule has 5 heteroatoms. The van der Waals surface area contributed by atoms with Crippen LogP contribution in [0.2, 0.25) is 0 Å². The number of aliphatic imine (C=N–C) groups is 1. The van der Waals surface area contributed by atoms with E-state index < -0.39 is 5.97 Å². The average Bonchev–Trinajstić information content (AvgIpc) is 3.03. The third-order valence-electron chi connectivity index (χ3n) is 4.63. The first-order chi connectivity index (χ1) is 12.8. The molecule has 3 rings (SSSR count). The van der Waals surface area contributed by atoms with E-state index in [1.165, 1.54) is 5.56 Å². The number of aromatic nitrogens is 1. The highest BCUT2D eigenvalue weighted by molar-refractivity contribution is 6.22. The predicted molar refractivity (Wildman–Crippen MR) is 107 cm³/mol. The van der Waals surface area contributed by atoms with Crippen LogP contribution in [-0.2, 0) is 9.53 Å². The standard InChI is InChI=1S/C22H24N2O3/c1-6-27-22(26)20-15(4)23-19(21(20)25)12-17-11-14(3)24(16(17)5)18-9-7-8-13(2)10-18/h7-12,25H,6H2,1-5H3/b19-12+. The van der Waals surface area contributed by atoms with Crippen molar-refractivity contribution < 1.29 is 14.6 Å². The lowest BCUT2D eigenvalue weighted by atomic mass is 10.1. The summed E-state index contributed by atoms with van der Waals surface area (Å²) in [6.07, 6.45) is 1.81. The second-order valence-corrected chi connectivity index (χ2v) is 6.67. The van der Waals surface area contributed by atoms with Crippen molar-refractivity contribution in [1.29, 1.82) is 0 Å². The van der Waals surface area contributed by atoms with Crippen molar-refractivity contribution in [3.63, 3.8) is 0 Å². The number of aliphatic hydroxyl groups excluding tert-OH is 1. The van der Waals surface area contributed by atoms with E-state index in [9.17, 15) is 9.90 Å². The highest BCUT2D eigenvalue weighted by Crippen LogP contribution is 2.29. The van der Waals surface area contributed by atoms with E-state index in [2.05, 4.69) is 34.7 Å². The van der Waals surface area contributed by atoms with Crippen molar-refractivity contribution >= 4 is 17.8 Å². The number of aryl methyl sites for hydroxylation is 2. The SMILES string of the molecule is CCOC(=O)C1=C(O)/C(=C\c2cc(C)n(-c3cccc(C)c3)c2C)N=C1C. The van der Waals surface area contributed by atoms with Gasteiger partial charge in [0, 0.05) is 17.1 Å². The van der Waals surface area contributed by atoms with Gasteiger partial charge in [0.25, 0.3) is 0 Å². The number of carbonyl (C=O) groups excluding carboxylic acids is 1. The molecule has 0 saturated carbocycles. The van der Waals surface area contributed by atoms with E-state index in [-0.39, 0.29) is 17.9 Å². The largest absolute Gasteiger partial charge is 0.505 e. The Kier molecular flexibility index (Phi) is 5.04. The van der Waals surface area contributed by atoms with E-state index in [0.29, 0.717) is 11.4 Å². The minimum absolute atomic E-state index is 0.133. The number of carbonyl (C=O) groups is 1. The van der Waals surface area contributed by atoms with Crippen LogP contribution in [0.25, 0.3) is 11.8 Å². The fourth-order valence-electron chi connectivity index (χ4n) is 3.38. The third kappa shape index (κ3) is 3.45. The van der Waals surface area contributed by atoms with Crippen LogP contribution in [0.4, 0.5) is 0 Å². The molecule has 27 heavy (non-hydrogen) atoms. The lowest BCUT2D eigenvalue weighted by molar-refractivity contribution is -0.138. The Balaban J connectivity index is 2.04. The van der Waals surface area contributed by atoms with Gasteiger partial charge in [-0.1, -0.05) is 12.1 Å². The van der Waals surface area contributed by atoms with Crippen LogP contribution < -0.4 is 0 Å². The Morgan fingerprint density at radius 3 is 2.63 bits per heavy atom. The van der Waals surface area contributed by atoms with Crippen LogP contribution in [0.1, 0.15) is 36.4 Å². The Hall–Kier alpha value is -3.08. The summed E-state index contributed by atoms with van der Waals surface area (Å²) in [6, 6.07) is 10.3. The van der Waals surface area contributed by atoms with Crippen LogP contribution in [0, 0.1) is 20.8 Å². The summed E-state index contributed by atoms with van der Waals surface area (Å²) < 4.78 is 7.18. The fraction of sp³-hybridized carbons (Fsp3) is 0.273. The fourth-order valence-corrected chi connectivity index (χ4v) is 3.38. The van der Waals surface area contributed by atoms with E-state index in [1.807, 2.05) is 26.0 Å². The average molecular weight is 364 g/mol. The molecule has 140 valence electrons. The number of ether oxygens (including phenoxy) is 1. The smallest absolute Gasteiger partial charge is 0.343 e. The number of esters is 1. The van der Waals surface area contributed by atoms with Crippen LogP contribution in [0.5, 0.6) is 0 Å². The van der Waals surface area contributed by atoms with Gasteiger partial charge in [-0.05, 0) is 70.0 Å². The molecule has 0 unspecified atom stereocenters. The van der Waals surface area contributed by atoms with Crippen LogP contribution in [0.15, 0.2) is 52.4 Å². The maximum absolute atomic E-state index is 12.1. The molecule has 1 aromatic carbocycles. The molecule has 2 heterocycles. The molecule has 1 aromatic heterocycles. The molecule has 5 nitrogen and oxygen atoms in total. The molecule has 0 amide bonds. The number of nitrogens with zero attached hydrogens (tertiary/aromatic N) is 2. The summed E-state index contributed by atoms with van der Waals surface area (Å²) in [5.41, 5.74) is 6.31. The molecule has 0 aliphatic carbocycles. The lowest BCUT2D eigenvalue weighted by Gasteiger charge is -2.10. The van der Waals surface area contributed by atoms with Crippen molar-refractivity contribution in [3.05, 3.63) is 69.9 Å². The molecule has 0 spiro atoms. The molecule has 2 aromatic rings. The first-order valence-corrected chi connectivity index (χ1v) is 8.97. The summed E-state index contributed by atoms with van der Waals surface area (Å²) in [5.74, 6) is -0.684. The maximum atomic E-state index is 12.1. The summed E-state index contributed by atoms with van der Waals surface area (Å²) in [7, 11) is 0. The molecule has 0 atom stereocenters. The highest BCUT2D eigenvalue weighted by Gasteiger charge is 2.27. The van der Waals surface area contributed by atoms with Crippen LogP contribution >= 0.6 is 0 Å². The number of hydrogen-bond acceptors (Lipinski definition) is 4. The normalized spacial score (nSPS) is 15.4. The van der Waals surface area contributed by atoms with Crippen LogP contribution in [0.3, 0.4) is 0 Å². The zero-order chi connectivity index (χ0) is 19.7. The van der Waals surface area contributed by atoms with Crippen molar-refractivity contribution in [2.45, 2.75) is 34.6 Å². The first-order valence-electron chi connectivity index (χ1n) is 8.97. The van der Waals surface area contributed by atoms with Gasteiger partial charge in [0.15, 0.2) is 5.76 Å². The highest BCUT2D eigenvalue weighted by atomic mass is 16.5. The topological polar surface area (TPSA) is 63.8 Å². The second kappa shape index (κ2) is 7.27. The Bertz CT molecular complexity index is 1010. The molecular formula is C22H24N2O3. The Labute approximate surface area is 159 Å². The van der Waals surface area contributed by atoms with Gasteiger partial charge in [0.05, 0.1) is 12.3 Å². The lowest BCUT2D eigenvalue weighted by Crippen LogP contribution is -2.13. The summed E-state index contributed by atoms with van der Waals surface area (Å²) in [5, 5.41) is 10.5. The van der Waals surface area contributed by atoms with E-state index in [0.717, 1.165) is 22.6 Å². The van der Waals surface area contributed by atoms with Gasteiger partial charge in [0.2, 0.25) is 0 Å². The number of rotatable bonds is 4. The molecule has 0 radical (unpaired) electrons. The minimum Gasteiger partial charge on any atom is -0.505 e. The molecule has 1 N–H and O–H groups in total. The van der Waals surface area contributed by atoms with E-state index in [1.54, 1.807) is 19.9 Å². The van der Waals surface area contributed by atoms with Gasteiger partial charge in [-0.2, -0.15) is 0 Å². The zero-order valence-corrected chi connectivity index (χ0v) is 16.3. The first kappa shape index (κ1) is 18.7. The summed E-state index contributed by atoms with van der Waals surface area (Å²) >= 11 is 0. The molecule has 0 fully saturated rings. The van der Waals surface area contributed by atoms with Gasteiger partial charge in [-0.3, -0.25) is 0 Å². The summed E-state index contributed by atoms with van der Waals surface area (Å²) in [6.45, 7) is 9.81. The number of aliphatic hydroxyl groups is 1. The predicted octanol–water partition coefficient (Wildman–Crippen LogP) is 4.59. The molecular weight excluding hydrogens is 340 g/mol. The summed E-state index contributed by atoms with van der Waals surface area (Å²) in [4.78, 5) is 16.4. The van der Waals surface area contributed by atoms with Gasteiger partial charge in [0.1, 0.15) is 11.3 Å². The third-order valence-corrected chi connectivity index (χ3v) is 4.63. The molecule has 1 aliphatic heterocycles. The Morgan fingerprint density at radius 2 is 1.96 bits per heavy atom. The number of hydrogen-bond donors (Lipinski definition) is 1. The van der Waals surface area contributed by atoms with Crippen molar-refractivity contribution in [3.8, 4) is 5.69 Å². The van der Waals surface area contributed by atoms with Gasteiger partial charge in [-0.25, -0.2) is 9.79 Å². The zero-order valence-electron chi connectivity index (χ0n) is 16.3. The maximum Gasteiger partial charge on any atom is 0.343 e. The minimum atomic E-state index is -0.551. The van der Waals surface area contributed by atoms with Crippen molar-refractivity contribution in [1.82, 2.24) is 4.57 Å². The second-order valence-electron chi connectivity index (χ2n) is 6.67. The van der Waals surface area contributed by atoms with Crippen LogP contribution in [-0.4, -0.2) is 28.0 Å². The number of benzene rings is 1. The molecule has 0 saturated heterocycles. The van der Waals surface area contributed by atoms with Gasteiger partial charge in [-0.15, -0.1) is 0 Å². The van der Waals surface area contributed by atoms with E-state index >= 15 is 0 Å². The molecule has 1 aliphatic rings. The Morgan fingerprint density at radius 1 is 1.22 bits per heavy atom. The van der Waals surface area contributed by atoms with Gasteiger partial charge >= 0.3 is 5.97 Å².